The number of anilines is 2. The van der Waals surface area contributed by atoms with E-state index in [1.165, 1.54) is 0 Å². The molecule has 2 amide bonds. The van der Waals surface area contributed by atoms with E-state index in [0.717, 1.165) is 24.1 Å². The zero-order chi connectivity index (χ0) is 22.0. The van der Waals surface area contributed by atoms with E-state index >= 15 is 0 Å². The number of nitrogens with two attached hydrogens (primary N) is 1. The Morgan fingerprint density at radius 1 is 1.29 bits per heavy atom. The number of aromatic nitrogens is 4. The summed E-state index contributed by atoms with van der Waals surface area (Å²) in [4.78, 5) is 33.4. The Balaban J connectivity index is 1.56. The molecule has 1 saturated heterocycles. The number of nitrogens with one attached hydrogen (secondary N) is 1. The van der Waals surface area contributed by atoms with Crippen molar-refractivity contribution < 1.29 is 14.3 Å². The lowest BCUT2D eigenvalue weighted by atomic mass is 9.88. The van der Waals surface area contributed by atoms with Crippen LogP contribution in [0.25, 0.3) is 11.3 Å². The van der Waals surface area contributed by atoms with Crippen LogP contribution in [0.2, 0.25) is 0 Å². The minimum absolute atomic E-state index is 0.0128. The molecule has 11 nitrogen and oxygen atoms in total. The summed E-state index contributed by atoms with van der Waals surface area (Å²) < 4.78 is 11.6. The van der Waals surface area contributed by atoms with Gasteiger partial charge in [-0.25, -0.2) is 19.7 Å². The third-order valence-corrected chi connectivity index (χ3v) is 5.70. The number of aryl methyl sites for hydroxylation is 1. The maximum absolute atomic E-state index is 11.8. The summed E-state index contributed by atoms with van der Waals surface area (Å²) in [6.07, 6.45) is 3.16. The zero-order valence-electron chi connectivity index (χ0n) is 18.0. The summed E-state index contributed by atoms with van der Waals surface area (Å²) in [5.74, 6) is 1.31. The number of morpholine rings is 1. The molecule has 11 heteroatoms. The van der Waals surface area contributed by atoms with Crippen molar-refractivity contribution in [1.82, 2.24) is 30.2 Å². The van der Waals surface area contributed by atoms with Gasteiger partial charge in [-0.15, -0.1) is 0 Å². The van der Waals surface area contributed by atoms with E-state index in [-0.39, 0.29) is 24.1 Å². The van der Waals surface area contributed by atoms with Crippen molar-refractivity contribution in [3.63, 3.8) is 0 Å². The van der Waals surface area contributed by atoms with Gasteiger partial charge in [-0.05, 0) is 6.92 Å². The molecule has 0 aromatic carbocycles. The minimum atomic E-state index is -0.0961. The molecule has 4 rings (SSSR count). The van der Waals surface area contributed by atoms with E-state index < -0.39 is 0 Å². The van der Waals surface area contributed by atoms with Gasteiger partial charge in [0.2, 0.25) is 17.8 Å². The second-order valence-electron chi connectivity index (χ2n) is 7.75. The molecular formula is C20H28N8O3. The van der Waals surface area contributed by atoms with Gasteiger partial charge in [-0.2, -0.15) is 4.98 Å². The summed E-state index contributed by atoms with van der Waals surface area (Å²) in [6.45, 7) is 4.55. The largest absolute Gasteiger partial charge is 0.474 e. The predicted octanol–water partition coefficient (Wildman–Crippen LogP) is 0.842. The molecule has 0 atom stereocenters. The Hall–Kier alpha value is -3.21. The van der Waals surface area contributed by atoms with Gasteiger partial charge in [0.05, 0.1) is 24.6 Å². The first-order valence-corrected chi connectivity index (χ1v) is 10.4. The van der Waals surface area contributed by atoms with Crippen LogP contribution in [-0.4, -0.2) is 83.4 Å². The number of hydrogen-bond donors (Lipinski definition) is 2. The fraction of sp³-hybridized carbons (Fsp3) is 0.550. The molecule has 2 aromatic heterocycles. The van der Waals surface area contributed by atoms with Crippen LogP contribution in [0.1, 0.15) is 18.5 Å². The van der Waals surface area contributed by atoms with Crippen LogP contribution in [0, 0.1) is 6.92 Å². The molecule has 2 fully saturated rings. The number of carbonyl (C=O) groups is 1. The van der Waals surface area contributed by atoms with E-state index in [9.17, 15) is 4.79 Å². The van der Waals surface area contributed by atoms with E-state index in [2.05, 4.69) is 25.2 Å². The Morgan fingerprint density at radius 2 is 2.03 bits per heavy atom. The van der Waals surface area contributed by atoms with Crippen molar-refractivity contribution in [2.45, 2.75) is 31.9 Å². The summed E-state index contributed by atoms with van der Waals surface area (Å²) in [7, 11) is 3.42. The summed E-state index contributed by atoms with van der Waals surface area (Å²) in [5, 5.41) is 2.65. The van der Waals surface area contributed by atoms with Crippen LogP contribution in [-0.2, 0) is 4.74 Å². The molecule has 0 radical (unpaired) electrons. The topological polar surface area (TPSA) is 132 Å². The van der Waals surface area contributed by atoms with Crippen molar-refractivity contribution in [2.75, 3.05) is 51.0 Å². The molecule has 1 saturated carbocycles. The van der Waals surface area contributed by atoms with E-state index in [1.807, 2.05) is 13.0 Å². The Kier molecular flexibility index (Phi) is 6.03. The molecule has 3 heterocycles. The van der Waals surface area contributed by atoms with Crippen LogP contribution < -0.4 is 20.7 Å². The number of rotatable bonds is 5. The summed E-state index contributed by atoms with van der Waals surface area (Å²) >= 11 is 0. The minimum Gasteiger partial charge on any atom is -0.474 e. The highest BCUT2D eigenvalue weighted by molar-refractivity contribution is 5.74. The van der Waals surface area contributed by atoms with Crippen molar-refractivity contribution >= 4 is 17.9 Å². The van der Waals surface area contributed by atoms with Crippen LogP contribution in [0.5, 0.6) is 5.88 Å². The average Bonchev–Trinajstić information content (AvgIpc) is 2.75. The van der Waals surface area contributed by atoms with Gasteiger partial charge < -0.3 is 30.3 Å². The highest BCUT2D eigenvalue weighted by Crippen LogP contribution is 2.31. The normalized spacial score (nSPS) is 20.7. The first kappa shape index (κ1) is 21.0. The molecular weight excluding hydrogens is 400 g/mol. The maximum atomic E-state index is 11.8. The van der Waals surface area contributed by atoms with Crippen molar-refractivity contribution in [3.05, 3.63) is 18.0 Å². The highest BCUT2D eigenvalue weighted by atomic mass is 16.5. The molecule has 0 bridgehead atoms. The second-order valence-corrected chi connectivity index (χ2v) is 7.75. The second kappa shape index (κ2) is 8.88. The smallest absolute Gasteiger partial charge is 0.317 e. The molecule has 3 N–H and O–H groups in total. The lowest BCUT2D eigenvalue weighted by molar-refractivity contribution is 0.0409. The Morgan fingerprint density at radius 3 is 2.71 bits per heavy atom. The summed E-state index contributed by atoms with van der Waals surface area (Å²) in [5.41, 5.74) is 7.91. The molecule has 1 aliphatic heterocycles. The fourth-order valence-corrected chi connectivity index (χ4v) is 3.72. The Bertz CT molecular complexity index is 944. The lowest BCUT2D eigenvalue weighted by Gasteiger charge is -2.40. The number of carbonyl (C=O) groups excluding carboxylic acids is 1. The van der Waals surface area contributed by atoms with Crippen molar-refractivity contribution in [1.29, 1.82) is 0 Å². The summed E-state index contributed by atoms with van der Waals surface area (Å²) in [6, 6.07) is 1.86. The molecule has 166 valence electrons. The molecule has 2 aliphatic rings. The van der Waals surface area contributed by atoms with Crippen LogP contribution in [0.3, 0.4) is 0 Å². The van der Waals surface area contributed by atoms with Gasteiger partial charge >= 0.3 is 6.03 Å². The number of urea groups is 1. The number of ether oxygens (including phenoxy) is 2. The predicted molar refractivity (Wildman–Crippen MR) is 115 cm³/mol. The van der Waals surface area contributed by atoms with Crippen molar-refractivity contribution in [2.24, 2.45) is 0 Å². The molecule has 0 unspecified atom stereocenters. The first-order chi connectivity index (χ1) is 14.9. The quantitative estimate of drug-likeness (QED) is 0.711. The molecule has 1 aliphatic carbocycles. The van der Waals surface area contributed by atoms with Gasteiger partial charge in [-0.1, -0.05) is 0 Å². The van der Waals surface area contributed by atoms with Crippen LogP contribution >= 0.6 is 0 Å². The number of hydrogen-bond acceptors (Lipinski definition) is 9. The third-order valence-electron chi connectivity index (χ3n) is 5.70. The van der Waals surface area contributed by atoms with Crippen molar-refractivity contribution in [3.8, 4) is 17.1 Å². The van der Waals surface area contributed by atoms with E-state index in [1.54, 1.807) is 25.2 Å². The monoisotopic (exact) mass is 428 g/mol. The number of nitrogen functional groups attached to an aromatic ring is 1. The van der Waals surface area contributed by atoms with E-state index in [4.69, 9.17) is 20.2 Å². The standard InChI is InChI=1S/C20H28N8O3/c1-12-15(11-23-18(21)24-12)16-10-17(26-19(25-16)28-4-6-30-7-5-28)31-14-8-13(9-14)27(3)20(29)22-2/h10-11,13-14H,4-9H2,1-3H3,(H,22,29)(H2,21,23,24). The van der Waals surface area contributed by atoms with Gasteiger partial charge in [0, 0.05) is 63.9 Å². The van der Waals surface area contributed by atoms with Crippen LogP contribution in [0.15, 0.2) is 12.3 Å². The fourth-order valence-electron chi connectivity index (χ4n) is 3.72. The van der Waals surface area contributed by atoms with E-state index in [0.29, 0.717) is 43.8 Å². The zero-order valence-corrected chi connectivity index (χ0v) is 18.0. The van der Waals surface area contributed by atoms with Gasteiger partial charge in [-0.3, -0.25) is 0 Å². The maximum Gasteiger partial charge on any atom is 0.317 e. The number of nitrogens with zero attached hydrogens (tertiary/aromatic N) is 6. The lowest BCUT2D eigenvalue weighted by Crippen LogP contribution is -2.52. The Labute approximate surface area is 181 Å². The molecule has 31 heavy (non-hydrogen) atoms. The number of amides is 2. The highest BCUT2D eigenvalue weighted by Gasteiger charge is 2.36. The SMILES string of the molecule is CNC(=O)N(C)C1CC(Oc2cc(-c3cnc(N)nc3C)nc(N3CCOCC3)n2)C1. The first-order valence-electron chi connectivity index (χ1n) is 10.4. The van der Waals surface area contributed by atoms with Crippen LogP contribution in [0.4, 0.5) is 16.7 Å². The molecule has 2 aromatic rings. The van der Waals surface area contributed by atoms with Gasteiger partial charge in [0.25, 0.3) is 0 Å². The average molecular weight is 428 g/mol. The molecule has 0 spiro atoms. The van der Waals surface area contributed by atoms with Gasteiger partial charge in [0.1, 0.15) is 6.10 Å². The third kappa shape index (κ3) is 4.61. The van der Waals surface area contributed by atoms with Gasteiger partial charge in [0.15, 0.2) is 0 Å².